The van der Waals surface area contributed by atoms with E-state index < -0.39 is 6.61 Å². The van der Waals surface area contributed by atoms with E-state index in [9.17, 15) is 18.4 Å². The molecule has 2 amide bonds. The number of carbonyl (C=O) groups excluding carboxylic acids is 2. The third-order valence-corrected chi connectivity index (χ3v) is 4.46. The van der Waals surface area contributed by atoms with Gasteiger partial charge in [0.05, 0.1) is 12.1 Å². The van der Waals surface area contributed by atoms with Gasteiger partial charge in [-0.1, -0.05) is 0 Å². The molecule has 1 aliphatic heterocycles. The van der Waals surface area contributed by atoms with Crippen molar-refractivity contribution in [3.63, 3.8) is 0 Å². The number of amides is 2. The fourth-order valence-electron chi connectivity index (χ4n) is 2.44. The Hall–Kier alpha value is -2.55. The van der Waals surface area contributed by atoms with Crippen molar-refractivity contribution in [3.8, 4) is 5.75 Å². The number of nitrogens with zero attached hydrogens (tertiary/aromatic N) is 2. The van der Waals surface area contributed by atoms with Crippen LogP contribution in [0.3, 0.4) is 0 Å². The Labute approximate surface area is 146 Å². The first-order valence-electron chi connectivity index (χ1n) is 7.61. The average Bonchev–Trinajstić information content (AvgIpc) is 3.17. The summed E-state index contributed by atoms with van der Waals surface area (Å²) in [5, 5.41) is 5.02. The summed E-state index contributed by atoms with van der Waals surface area (Å²) in [7, 11) is 0. The highest BCUT2D eigenvalue weighted by Crippen LogP contribution is 2.25. The normalized spacial score (nSPS) is 14.2. The summed E-state index contributed by atoms with van der Waals surface area (Å²) in [6, 6.07) is 5.65. The number of alkyl halides is 2. The van der Waals surface area contributed by atoms with Gasteiger partial charge < -0.3 is 10.1 Å². The van der Waals surface area contributed by atoms with Gasteiger partial charge in [-0.2, -0.15) is 8.78 Å². The number of carbonyl (C=O) groups is 2. The fraction of sp³-hybridized carbons (Fsp3) is 0.312. The molecule has 25 heavy (non-hydrogen) atoms. The van der Waals surface area contributed by atoms with Gasteiger partial charge >= 0.3 is 6.61 Å². The maximum absolute atomic E-state index is 12.1. The van der Waals surface area contributed by atoms with E-state index >= 15 is 0 Å². The molecule has 0 spiro atoms. The Balaban J connectivity index is 1.56. The molecule has 2 aromatic rings. The standard InChI is InChI=1S/C16H15F2N3O3S/c17-15(18)24-12-5-3-10(4-6-12)19-13(22)8-11-9-25-16(20-11)21-7-1-2-14(21)23/h3-6,9,15H,1-2,7-8H2,(H,19,22). The number of anilines is 2. The lowest BCUT2D eigenvalue weighted by atomic mass is 10.2. The number of hydrogen-bond donors (Lipinski definition) is 1. The van der Waals surface area contributed by atoms with E-state index in [1.807, 2.05) is 0 Å². The van der Waals surface area contributed by atoms with Crippen LogP contribution in [0.5, 0.6) is 5.75 Å². The SMILES string of the molecule is O=C(Cc1csc(N2CCCC2=O)n1)Nc1ccc(OC(F)F)cc1. The molecule has 0 bridgehead atoms. The minimum atomic E-state index is -2.89. The van der Waals surface area contributed by atoms with Crippen LogP contribution in [0.15, 0.2) is 29.6 Å². The van der Waals surface area contributed by atoms with Crippen molar-refractivity contribution in [2.45, 2.75) is 25.9 Å². The molecule has 6 nitrogen and oxygen atoms in total. The fourth-order valence-corrected chi connectivity index (χ4v) is 3.31. The van der Waals surface area contributed by atoms with Gasteiger partial charge in [-0.3, -0.25) is 14.5 Å². The monoisotopic (exact) mass is 367 g/mol. The average molecular weight is 367 g/mol. The number of thiazole rings is 1. The van der Waals surface area contributed by atoms with E-state index in [2.05, 4.69) is 15.0 Å². The van der Waals surface area contributed by atoms with Crippen molar-refractivity contribution in [1.29, 1.82) is 0 Å². The second-order valence-electron chi connectivity index (χ2n) is 5.40. The van der Waals surface area contributed by atoms with E-state index in [1.54, 1.807) is 10.3 Å². The zero-order valence-electron chi connectivity index (χ0n) is 13.1. The summed E-state index contributed by atoms with van der Waals surface area (Å²) in [6.45, 7) is -2.23. The zero-order valence-corrected chi connectivity index (χ0v) is 13.9. The largest absolute Gasteiger partial charge is 0.435 e. The molecule has 0 unspecified atom stereocenters. The number of benzene rings is 1. The first-order valence-corrected chi connectivity index (χ1v) is 8.49. The van der Waals surface area contributed by atoms with Crippen LogP contribution < -0.4 is 15.0 Å². The predicted molar refractivity (Wildman–Crippen MR) is 89.1 cm³/mol. The van der Waals surface area contributed by atoms with Crippen LogP contribution in [-0.4, -0.2) is 30.0 Å². The molecule has 0 radical (unpaired) electrons. The minimum absolute atomic E-state index is 0.0208. The van der Waals surface area contributed by atoms with Gasteiger partial charge in [0, 0.05) is 24.0 Å². The number of rotatable bonds is 6. The molecule has 3 rings (SSSR count). The van der Waals surface area contributed by atoms with Gasteiger partial charge in [-0.05, 0) is 30.7 Å². The second kappa shape index (κ2) is 7.56. The van der Waals surface area contributed by atoms with Crippen LogP contribution >= 0.6 is 11.3 Å². The summed E-state index contributed by atoms with van der Waals surface area (Å²) < 4.78 is 28.4. The molecule has 132 valence electrons. The van der Waals surface area contributed by atoms with Crippen molar-refractivity contribution < 1.29 is 23.1 Å². The van der Waals surface area contributed by atoms with Crippen molar-refractivity contribution in [2.24, 2.45) is 0 Å². The molecular formula is C16H15F2N3O3S. The van der Waals surface area contributed by atoms with Crippen LogP contribution in [0.25, 0.3) is 0 Å². The third-order valence-electron chi connectivity index (χ3n) is 3.55. The van der Waals surface area contributed by atoms with E-state index in [-0.39, 0.29) is 24.0 Å². The summed E-state index contributed by atoms with van der Waals surface area (Å²) in [5.41, 5.74) is 1.05. The molecule has 1 aromatic carbocycles. The molecule has 1 fully saturated rings. The number of aromatic nitrogens is 1. The molecule has 1 N–H and O–H groups in total. The lowest BCUT2D eigenvalue weighted by molar-refractivity contribution is -0.117. The maximum atomic E-state index is 12.1. The van der Waals surface area contributed by atoms with Crippen LogP contribution in [0.1, 0.15) is 18.5 Å². The predicted octanol–water partition coefficient (Wildman–Crippen LogP) is 3.05. The molecule has 1 aliphatic rings. The Morgan fingerprint density at radius 3 is 2.76 bits per heavy atom. The van der Waals surface area contributed by atoms with Gasteiger partial charge in [-0.15, -0.1) is 11.3 Å². The lowest BCUT2D eigenvalue weighted by Gasteiger charge is -2.10. The molecular weight excluding hydrogens is 352 g/mol. The first-order chi connectivity index (χ1) is 12.0. The zero-order chi connectivity index (χ0) is 17.8. The van der Waals surface area contributed by atoms with Gasteiger partial charge in [0.25, 0.3) is 0 Å². The highest BCUT2D eigenvalue weighted by molar-refractivity contribution is 7.14. The van der Waals surface area contributed by atoms with Crippen LogP contribution in [0.2, 0.25) is 0 Å². The van der Waals surface area contributed by atoms with Gasteiger partial charge in [0.1, 0.15) is 5.75 Å². The van der Waals surface area contributed by atoms with Crippen LogP contribution in [-0.2, 0) is 16.0 Å². The number of ether oxygens (including phenoxy) is 1. The first kappa shape index (κ1) is 17.3. The highest BCUT2D eigenvalue weighted by atomic mass is 32.1. The van der Waals surface area contributed by atoms with E-state index in [0.717, 1.165) is 6.42 Å². The maximum Gasteiger partial charge on any atom is 0.387 e. The van der Waals surface area contributed by atoms with Gasteiger partial charge in [-0.25, -0.2) is 4.98 Å². The topological polar surface area (TPSA) is 71.5 Å². The smallest absolute Gasteiger partial charge is 0.387 e. The Bertz CT molecular complexity index is 764. The Morgan fingerprint density at radius 1 is 1.36 bits per heavy atom. The number of halogens is 2. The number of hydrogen-bond acceptors (Lipinski definition) is 5. The summed E-state index contributed by atoms with van der Waals surface area (Å²) >= 11 is 1.33. The van der Waals surface area contributed by atoms with E-state index in [4.69, 9.17) is 0 Å². The molecule has 9 heteroatoms. The second-order valence-corrected chi connectivity index (χ2v) is 6.23. The van der Waals surface area contributed by atoms with Crippen LogP contribution in [0.4, 0.5) is 19.6 Å². The van der Waals surface area contributed by atoms with Crippen molar-refractivity contribution in [3.05, 3.63) is 35.3 Å². The summed E-state index contributed by atoms with van der Waals surface area (Å²) in [6.07, 6.45) is 1.41. The van der Waals surface area contributed by atoms with Crippen molar-refractivity contribution in [2.75, 3.05) is 16.8 Å². The highest BCUT2D eigenvalue weighted by Gasteiger charge is 2.24. The van der Waals surface area contributed by atoms with Gasteiger partial charge in [0.15, 0.2) is 5.13 Å². The minimum Gasteiger partial charge on any atom is -0.435 e. The molecule has 1 saturated heterocycles. The Morgan fingerprint density at radius 2 is 2.12 bits per heavy atom. The number of nitrogens with one attached hydrogen (secondary N) is 1. The van der Waals surface area contributed by atoms with Crippen molar-refractivity contribution >= 4 is 34.0 Å². The Kier molecular flexibility index (Phi) is 5.22. The quantitative estimate of drug-likeness (QED) is 0.852. The van der Waals surface area contributed by atoms with E-state index in [0.29, 0.717) is 29.5 Å². The van der Waals surface area contributed by atoms with Gasteiger partial charge in [0.2, 0.25) is 11.8 Å². The van der Waals surface area contributed by atoms with Crippen LogP contribution in [0, 0.1) is 0 Å². The van der Waals surface area contributed by atoms with E-state index in [1.165, 1.54) is 35.6 Å². The third kappa shape index (κ3) is 4.50. The summed E-state index contributed by atoms with van der Waals surface area (Å²) in [5.74, 6) is -0.212. The van der Waals surface area contributed by atoms with Crippen molar-refractivity contribution in [1.82, 2.24) is 4.98 Å². The molecule has 0 saturated carbocycles. The molecule has 1 aromatic heterocycles. The molecule has 0 aliphatic carbocycles. The molecule has 2 heterocycles. The lowest BCUT2D eigenvalue weighted by Crippen LogP contribution is -2.23. The summed E-state index contributed by atoms with van der Waals surface area (Å²) in [4.78, 5) is 29.7. The molecule has 0 atom stereocenters.